The van der Waals surface area contributed by atoms with Crippen LogP contribution in [0.3, 0.4) is 0 Å². The van der Waals surface area contributed by atoms with Crippen molar-refractivity contribution in [2.45, 2.75) is 25.4 Å². The standard InChI is InChI=1S/C19H22ClN3O3/c20-16-4-2-1-3-14(16)11-23-12-15(5-6-17(23)24)22-19(25)18(21)13-7-9-26-10-8-13/h1-6,12-13,18H,7-11,21H2,(H,22,25). The average molecular weight is 376 g/mol. The highest BCUT2D eigenvalue weighted by molar-refractivity contribution is 6.31. The van der Waals surface area contributed by atoms with Gasteiger partial charge in [-0.15, -0.1) is 0 Å². The van der Waals surface area contributed by atoms with Gasteiger partial charge < -0.3 is 20.4 Å². The lowest BCUT2D eigenvalue weighted by atomic mass is 9.92. The maximum absolute atomic E-state index is 12.4. The van der Waals surface area contributed by atoms with Crippen LogP contribution in [0.2, 0.25) is 5.02 Å². The van der Waals surface area contributed by atoms with Crippen molar-refractivity contribution in [3.8, 4) is 0 Å². The second-order valence-corrected chi connectivity index (χ2v) is 6.85. The van der Waals surface area contributed by atoms with Crippen molar-refractivity contribution in [1.29, 1.82) is 0 Å². The molecular weight excluding hydrogens is 354 g/mol. The van der Waals surface area contributed by atoms with Crippen LogP contribution in [0.15, 0.2) is 47.4 Å². The largest absolute Gasteiger partial charge is 0.381 e. The van der Waals surface area contributed by atoms with Crippen LogP contribution in [0.5, 0.6) is 0 Å². The Kier molecular flexibility index (Phi) is 6.08. The number of aromatic nitrogens is 1. The number of anilines is 1. The molecule has 0 bridgehead atoms. The first-order valence-corrected chi connectivity index (χ1v) is 9.00. The van der Waals surface area contributed by atoms with Gasteiger partial charge in [0.1, 0.15) is 0 Å². The van der Waals surface area contributed by atoms with Crippen LogP contribution in [0.4, 0.5) is 5.69 Å². The number of hydrogen-bond donors (Lipinski definition) is 2. The molecule has 26 heavy (non-hydrogen) atoms. The van der Waals surface area contributed by atoms with E-state index in [-0.39, 0.29) is 17.4 Å². The fourth-order valence-corrected chi connectivity index (χ4v) is 3.25. The molecule has 2 heterocycles. The van der Waals surface area contributed by atoms with Crippen molar-refractivity contribution in [3.05, 3.63) is 63.5 Å². The van der Waals surface area contributed by atoms with Gasteiger partial charge in [0, 0.05) is 30.5 Å². The Hall–Kier alpha value is -2.15. The molecule has 1 aromatic heterocycles. The molecule has 0 radical (unpaired) electrons. The van der Waals surface area contributed by atoms with E-state index in [1.807, 2.05) is 18.2 Å². The molecule has 3 rings (SSSR count). The number of nitrogens with zero attached hydrogens (tertiary/aromatic N) is 1. The lowest BCUT2D eigenvalue weighted by molar-refractivity contribution is -0.119. The van der Waals surface area contributed by atoms with E-state index in [1.165, 1.54) is 10.6 Å². The molecule has 0 saturated carbocycles. The molecule has 1 atom stereocenters. The van der Waals surface area contributed by atoms with E-state index in [0.717, 1.165) is 18.4 Å². The van der Waals surface area contributed by atoms with E-state index < -0.39 is 6.04 Å². The Balaban J connectivity index is 1.71. The predicted molar refractivity (Wildman–Crippen MR) is 101 cm³/mol. The molecule has 1 unspecified atom stereocenters. The van der Waals surface area contributed by atoms with E-state index in [4.69, 9.17) is 22.1 Å². The number of nitrogens with two attached hydrogens (primary N) is 1. The maximum atomic E-state index is 12.4. The molecule has 1 amide bonds. The third kappa shape index (κ3) is 4.52. The summed E-state index contributed by atoms with van der Waals surface area (Å²) in [6, 6.07) is 9.75. The van der Waals surface area contributed by atoms with Gasteiger partial charge in [-0.3, -0.25) is 9.59 Å². The summed E-state index contributed by atoms with van der Waals surface area (Å²) in [5.74, 6) is -0.141. The van der Waals surface area contributed by atoms with Crippen molar-refractivity contribution in [3.63, 3.8) is 0 Å². The summed E-state index contributed by atoms with van der Waals surface area (Å²) in [7, 11) is 0. The lowest BCUT2D eigenvalue weighted by Crippen LogP contribution is -2.44. The van der Waals surface area contributed by atoms with E-state index in [9.17, 15) is 9.59 Å². The van der Waals surface area contributed by atoms with Gasteiger partial charge in [0.2, 0.25) is 5.91 Å². The summed E-state index contributed by atoms with van der Waals surface area (Å²) in [6.07, 6.45) is 3.17. The number of carbonyl (C=O) groups is 1. The molecule has 7 heteroatoms. The fourth-order valence-electron chi connectivity index (χ4n) is 3.05. The topological polar surface area (TPSA) is 86.4 Å². The quantitative estimate of drug-likeness (QED) is 0.839. The third-order valence-electron chi connectivity index (χ3n) is 4.63. The van der Waals surface area contributed by atoms with Crippen LogP contribution >= 0.6 is 11.6 Å². The molecule has 0 aliphatic carbocycles. The number of nitrogens with one attached hydrogen (secondary N) is 1. The molecule has 6 nitrogen and oxygen atoms in total. The second kappa shape index (κ2) is 8.49. The molecule has 1 aliphatic rings. The van der Waals surface area contributed by atoms with Crippen molar-refractivity contribution in [1.82, 2.24) is 4.57 Å². The predicted octanol–water partition coefficient (Wildman–Crippen LogP) is 2.24. The molecule has 1 aliphatic heterocycles. The van der Waals surface area contributed by atoms with E-state index in [1.54, 1.807) is 18.3 Å². The summed E-state index contributed by atoms with van der Waals surface area (Å²) < 4.78 is 6.82. The van der Waals surface area contributed by atoms with Gasteiger partial charge in [0.15, 0.2) is 0 Å². The van der Waals surface area contributed by atoms with Crippen LogP contribution in [-0.2, 0) is 16.1 Å². The zero-order valence-electron chi connectivity index (χ0n) is 14.4. The monoisotopic (exact) mass is 375 g/mol. The normalized spacial score (nSPS) is 16.2. The van der Waals surface area contributed by atoms with E-state index in [0.29, 0.717) is 30.5 Å². The van der Waals surface area contributed by atoms with Gasteiger partial charge in [-0.2, -0.15) is 0 Å². The molecule has 1 fully saturated rings. The lowest BCUT2D eigenvalue weighted by Gasteiger charge is -2.26. The SMILES string of the molecule is NC(C(=O)Nc1ccc(=O)n(Cc2ccccc2Cl)c1)C1CCOCC1. The Labute approximate surface area is 156 Å². The second-order valence-electron chi connectivity index (χ2n) is 6.44. The summed E-state index contributed by atoms with van der Waals surface area (Å²) in [5.41, 5.74) is 7.29. The van der Waals surface area contributed by atoms with E-state index in [2.05, 4.69) is 5.32 Å². The molecule has 0 spiro atoms. The molecule has 1 aromatic carbocycles. The molecular formula is C19H22ClN3O3. The highest BCUT2D eigenvalue weighted by atomic mass is 35.5. The third-order valence-corrected chi connectivity index (χ3v) is 4.99. The number of pyridine rings is 1. The van der Waals surface area contributed by atoms with Gasteiger partial charge in [0.25, 0.3) is 5.56 Å². The van der Waals surface area contributed by atoms with Crippen LogP contribution < -0.4 is 16.6 Å². The van der Waals surface area contributed by atoms with Gasteiger partial charge in [-0.1, -0.05) is 29.8 Å². The molecule has 3 N–H and O–H groups in total. The molecule has 2 aromatic rings. The van der Waals surface area contributed by atoms with Crippen LogP contribution in [0.25, 0.3) is 0 Å². The number of ether oxygens (including phenoxy) is 1. The minimum Gasteiger partial charge on any atom is -0.381 e. The number of halogens is 1. The fraction of sp³-hybridized carbons (Fsp3) is 0.368. The van der Waals surface area contributed by atoms with Gasteiger partial charge >= 0.3 is 0 Å². The van der Waals surface area contributed by atoms with Gasteiger partial charge in [-0.25, -0.2) is 0 Å². The van der Waals surface area contributed by atoms with E-state index >= 15 is 0 Å². The van der Waals surface area contributed by atoms with Crippen molar-refractivity contribution >= 4 is 23.2 Å². The maximum Gasteiger partial charge on any atom is 0.250 e. The number of hydrogen-bond acceptors (Lipinski definition) is 4. The van der Waals surface area contributed by atoms with Gasteiger partial charge in [0.05, 0.1) is 18.3 Å². The first-order chi connectivity index (χ1) is 12.5. The zero-order valence-corrected chi connectivity index (χ0v) is 15.1. The summed E-state index contributed by atoms with van der Waals surface area (Å²) in [5, 5.41) is 3.40. The van der Waals surface area contributed by atoms with Crippen molar-refractivity contribution < 1.29 is 9.53 Å². The highest BCUT2D eigenvalue weighted by Crippen LogP contribution is 2.19. The van der Waals surface area contributed by atoms with Crippen LogP contribution in [-0.4, -0.2) is 29.7 Å². The number of rotatable bonds is 5. The highest BCUT2D eigenvalue weighted by Gasteiger charge is 2.26. The Morgan fingerprint density at radius 2 is 2.00 bits per heavy atom. The van der Waals surface area contributed by atoms with Crippen LogP contribution in [0, 0.1) is 5.92 Å². The van der Waals surface area contributed by atoms with Crippen molar-refractivity contribution in [2.24, 2.45) is 11.7 Å². The van der Waals surface area contributed by atoms with Crippen molar-refractivity contribution in [2.75, 3.05) is 18.5 Å². The minimum atomic E-state index is -0.595. The zero-order chi connectivity index (χ0) is 18.5. The number of benzene rings is 1. The summed E-state index contributed by atoms with van der Waals surface area (Å²) in [4.78, 5) is 24.6. The van der Waals surface area contributed by atoms with Gasteiger partial charge in [-0.05, 0) is 36.5 Å². The first-order valence-electron chi connectivity index (χ1n) is 8.62. The molecule has 138 valence electrons. The average Bonchev–Trinajstić information content (AvgIpc) is 2.66. The number of amides is 1. The Morgan fingerprint density at radius 1 is 1.27 bits per heavy atom. The molecule has 1 saturated heterocycles. The van der Waals surface area contributed by atoms with Crippen LogP contribution in [0.1, 0.15) is 18.4 Å². The smallest absolute Gasteiger partial charge is 0.250 e. The Morgan fingerprint density at radius 3 is 2.73 bits per heavy atom. The first kappa shape index (κ1) is 18.6. The summed E-state index contributed by atoms with van der Waals surface area (Å²) in [6.45, 7) is 1.59. The number of carbonyl (C=O) groups excluding carboxylic acids is 1. The minimum absolute atomic E-state index is 0.109. The summed E-state index contributed by atoms with van der Waals surface area (Å²) >= 11 is 6.17. The Bertz CT molecular complexity index is 831.